The molecule has 45 heavy (non-hydrogen) atoms. The molecule has 2 saturated heterocycles. The molecular weight excluding hydrogens is 600 g/mol. The number of nitrogens with zero attached hydrogens (tertiary/aromatic N) is 5. The van der Waals surface area contributed by atoms with Crippen molar-refractivity contribution >= 4 is 33.7 Å². The second-order valence-electron chi connectivity index (χ2n) is 12.9. The molecule has 2 aliphatic heterocycles. The molecule has 3 atom stereocenters. The van der Waals surface area contributed by atoms with E-state index in [2.05, 4.69) is 10.2 Å². The predicted octanol–water partition coefficient (Wildman–Crippen LogP) is 2.35. The largest absolute Gasteiger partial charge is 0.463 e. The lowest BCUT2D eigenvalue weighted by atomic mass is 9.86. The Bertz CT molecular complexity index is 1330. The average molecular weight is 649 g/mol. The van der Waals surface area contributed by atoms with Gasteiger partial charge in [0.05, 0.1) is 17.8 Å². The van der Waals surface area contributed by atoms with E-state index in [1.54, 1.807) is 20.8 Å². The molecule has 1 aromatic rings. The van der Waals surface area contributed by atoms with Crippen LogP contribution in [-0.2, 0) is 40.4 Å². The number of ether oxygens (including phenoxy) is 1. The van der Waals surface area contributed by atoms with Crippen LogP contribution in [0, 0.1) is 11.3 Å². The minimum Gasteiger partial charge on any atom is -0.463 e. The van der Waals surface area contributed by atoms with Crippen LogP contribution in [0.5, 0.6) is 0 Å². The summed E-state index contributed by atoms with van der Waals surface area (Å²) in [4.78, 5) is 53.4. The molecule has 2 fully saturated rings. The second-order valence-corrected chi connectivity index (χ2v) is 14.8. The average Bonchev–Trinajstić information content (AvgIpc) is 3.45. The summed E-state index contributed by atoms with van der Waals surface area (Å²) < 4.78 is 32.9. The van der Waals surface area contributed by atoms with Gasteiger partial charge < -0.3 is 15.4 Å². The van der Waals surface area contributed by atoms with Crippen molar-refractivity contribution in [2.75, 3.05) is 39.1 Å². The molecule has 0 radical (unpaired) electrons. The molecule has 2 N–H and O–H groups in total. The number of primary amides is 1. The van der Waals surface area contributed by atoms with Crippen molar-refractivity contribution in [3.05, 3.63) is 35.9 Å². The highest BCUT2D eigenvalue weighted by Gasteiger charge is 2.41. The number of amides is 3. The van der Waals surface area contributed by atoms with Crippen LogP contribution in [0.4, 0.5) is 0 Å². The molecule has 2 aliphatic rings. The van der Waals surface area contributed by atoms with E-state index in [0.29, 0.717) is 51.7 Å². The Labute approximate surface area is 266 Å². The van der Waals surface area contributed by atoms with Gasteiger partial charge in [0.1, 0.15) is 18.8 Å². The number of esters is 1. The molecule has 1 aromatic carbocycles. The van der Waals surface area contributed by atoms with E-state index in [1.165, 1.54) is 16.1 Å². The molecule has 0 aromatic heterocycles. The number of piperidine rings is 1. The number of likely N-dealkylation sites (tertiary alicyclic amines) is 2. The topological polar surface area (TPSA) is 172 Å². The zero-order valence-electron chi connectivity index (χ0n) is 27.1. The van der Waals surface area contributed by atoms with E-state index < -0.39 is 57.3 Å². The van der Waals surface area contributed by atoms with E-state index in [9.17, 15) is 27.6 Å². The van der Waals surface area contributed by atoms with E-state index in [-0.39, 0.29) is 25.6 Å². The Hall–Kier alpha value is -3.23. The standard InChI is InChI=1S/C31H48N6O7S/c1-22(44-23(2)38)19-31(3,4)30(41)34-33-21-35-16-13-25(14-17-35)20-37(45(5,42)43)27(18-24-10-7-6-8-11-24)29(40)36-15-9-12-26(36)28(32)39/h6-8,10-11,22,25-27H,9,12-21H2,1-5H3,(H2,32,39)/t22?,26-,27+/m0/s1. The first kappa shape index (κ1) is 36.2. The molecule has 1 unspecified atom stereocenters. The summed E-state index contributed by atoms with van der Waals surface area (Å²) in [7, 11) is -3.81. The summed E-state index contributed by atoms with van der Waals surface area (Å²) in [5.41, 5.74) is 5.56. The highest BCUT2D eigenvalue weighted by molar-refractivity contribution is 7.88. The maximum atomic E-state index is 13.9. The zero-order chi connectivity index (χ0) is 33.4. The van der Waals surface area contributed by atoms with Crippen LogP contribution >= 0.6 is 0 Å². The summed E-state index contributed by atoms with van der Waals surface area (Å²) in [6.45, 7) is 8.51. The molecule has 2 heterocycles. The number of carbonyl (C=O) groups excluding carboxylic acids is 4. The van der Waals surface area contributed by atoms with Gasteiger partial charge in [-0.05, 0) is 56.9 Å². The lowest BCUT2D eigenvalue weighted by Gasteiger charge is -2.37. The molecule has 3 amide bonds. The maximum Gasteiger partial charge on any atom is 0.302 e. The lowest BCUT2D eigenvalue weighted by Crippen LogP contribution is -2.56. The van der Waals surface area contributed by atoms with Crippen molar-refractivity contribution < 1.29 is 32.3 Å². The van der Waals surface area contributed by atoms with Gasteiger partial charge in [0.2, 0.25) is 21.8 Å². The Morgan fingerprint density at radius 1 is 1.09 bits per heavy atom. The van der Waals surface area contributed by atoms with Crippen LogP contribution in [0.3, 0.4) is 0 Å². The maximum absolute atomic E-state index is 13.9. The smallest absolute Gasteiger partial charge is 0.302 e. The van der Waals surface area contributed by atoms with Crippen molar-refractivity contribution in [3.8, 4) is 0 Å². The number of azo groups is 1. The molecule has 14 heteroatoms. The summed E-state index contributed by atoms with van der Waals surface area (Å²) in [5.74, 6) is -1.80. The zero-order valence-corrected chi connectivity index (χ0v) is 27.9. The number of hydrogen-bond acceptors (Lipinski definition) is 9. The third-order valence-electron chi connectivity index (χ3n) is 8.51. The first-order chi connectivity index (χ1) is 21.1. The summed E-state index contributed by atoms with van der Waals surface area (Å²) in [6, 6.07) is 7.50. The summed E-state index contributed by atoms with van der Waals surface area (Å²) in [6.07, 6.45) is 3.62. The third kappa shape index (κ3) is 10.7. The fourth-order valence-electron chi connectivity index (χ4n) is 6.18. The van der Waals surface area contributed by atoms with E-state index in [1.807, 2.05) is 35.2 Å². The quantitative estimate of drug-likeness (QED) is 0.237. The fourth-order valence-corrected chi connectivity index (χ4v) is 7.29. The van der Waals surface area contributed by atoms with Crippen molar-refractivity contribution in [1.29, 1.82) is 0 Å². The molecule has 13 nitrogen and oxygen atoms in total. The molecule has 0 bridgehead atoms. The first-order valence-electron chi connectivity index (χ1n) is 15.5. The number of hydrogen-bond donors (Lipinski definition) is 1. The first-order valence-corrected chi connectivity index (χ1v) is 17.4. The van der Waals surface area contributed by atoms with Crippen LogP contribution in [0.15, 0.2) is 40.6 Å². The Morgan fingerprint density at radius 2 is 1.73 bits per heavy atom. The lowest BCUT2D eigenvalue weighted by molar-refractivity contribution is -0.148. The van der Waals surface area contributed by atoms with Crippen LogP contribution in [0.1, 0.15) is 65.4 Å². The molecule has 0 saturated carbocycles. The van der Waals surface area contributed by atoms with Crippen molar-refractivity contribution in [3.63, 3.8) is 0 Å². The SMILES string of the molecule is CC(=O)OC(C)CC(C)(C)C(=O)N=NCN1CCC(CN([C@H](Cc2ccccc2)C(=O)N2CCC[C@H]2C(N)=O)S(C)(=O)=O)CC1. The van der Waals surface area contributed by atoms with Gasteiger partial charge in [-0.2, -0.15) is 9.42 Å². The van der Waals surface area contributed by atoms with Crippen LogP contribution < -0.4 is 5.73 Å². The van der Waals surface area contributed by atoms with Gasteiger partial charge in [-0.1, -0.05) is 44.2 Å². The van der Waals surface area contributed by atoms with Crippen molar-refractivity contribution in [1.82, 2.24) is 14.1 Å². The van der Waals surface area contributed by atoms with Gasteiger partial charge in [0, 0.05) is 33.1 Å². The van der Waals surface area contributed by atoms with Crippen molar-refractivity contribution in [2.24, 2.45) is 27.3 Å². The van der Waals surface area contributed by atoms with Gasteiger partial charge >= 0.3 is 5.97 Å². The summed E-state index contributed by atoms with van der Waals surface area (Å²) >= 11 is 0. The fraction of sp³-hybridized carbons (Fsp3) is 0.677. The highest BCUT2D eigenvalue weighted by atomic mass is 32.2. The third-order valence-corrected chi connectivity index (χ3v) is 9.76. The Morgan fingerprint density at radius 3 is 2.31 bits per heavy atom. The predicted molar refractivity (Wildman–Crippen MR) is 168 cm³/mol. The number of nitrogens with two attached hydrogens (primary N) is 1. The Balaban J connectivity index is 1.65. The summed E-state index contributed by atoms with van der Waals surface area (Å²) in [5, 5.41) is 8.02. The molecule has 250 valence electrons. The monoisotopic (exact) mass is 648 g/mol. The van der Waals surface area contributed by atoms with Gasteiger partial charge in [0.25, 0.3) is 5.91 Å². The number of sulfonamides is 1. The second kappa shape index (κ2) is 15.9. The van der Waals surface area contributed by atoms with Crippen molar-refractivity contribution in [2.45, 2.75) is 84.4 Å². The molecule has 3 rings (SSSR count). The van der Waals surface area contributed by atoms with Gasteiger partial charge in [-0.15, -0.1) is 5.11 Å². The highest BCUT2D eigenvalue weighted by Crippen LogP contribution is 2.27. The molecule has 0 spiro atoms. The minimum atomic E-state index is -3.81. The molecular formula is C31H48N6O7S. The number of rotatable bonds is 14. The van der Waals surface area contributed by atoms with Gasteiger partial charge in [-0.3, -0.25) is 24.1 Å². The minimum absolute atomic E-state index is 0.00664. The van der Waals surface area contributed by atoms with Crippen LogP contribution in [0.2, 0.25) is 0 Å². The van der Waals surface area contributed by atoms with E-state index >= 15 is 0 Å². The normalized spacial score (nSPS) is 20.0. The van der Waals surface area contributed by atoms with Crippen LogP contribution in [0.25, 0.3) is 0 Å². The van der Waals surface area contributed by atoms with Gasteiger partial charge in [0.15, 0.2) is 0 Å². The van der Waals surface area contributed by atoms with E-state index in [4.69, 9.17) is 10.5 Å². The number of carbonyl (C=O) groups is 4. The molecule has 0 aliphatic carbocycles. The van der Waals surface area contributed by atoms with Gasteiger partial charge in [-0.25, -0.2) is 8.42 Å². The van der Waals surface area contributed by atoms with E-state index in [0.717, 1.165) is 11.8 Å². The number of benzene rings is 1. The Kier molecular flexibility index (Phi) is 12.8. The van der Waals surface area contributed by atoms with Crippen LogP contribution in [-0.4, -0.2) is 104 Å².